The Bertz CT molecular complexity index is 1100. The Morgan fingerprint density at radius 1 is 0.379 bits per heavy atom. The van der Waals surface area contributed by atoms with E-state index < -0.39 is 92.7 Å². The maximum atomic E-state index is 13.6. The first kappa shape index (κ1) is 22.9. The molecule has 0 unspecified atom stereocenters. The van der Waals surface area contributed by atoms with Crippen LogP contribution in [0.25, 0.3) is 0 Å². The van der Waals surface area contributed by atoms with Crippen LogP contribution in [0.1, 0.15) is 0 Å². The van der Waals surface area contributed by atoms with Crippen LogP contribution in [-0.4, -0.2) is 21.9 Å². The second-order valence-corrected chi connectivity index (χ2v) is 9.36. The highest BCUT2D eigenvalue weighted by Crippen LogP contribution is 2.32. The first-order chi connectivity index (χ1) is 13.1. The van der Waals surface area contributed by atoms with Crippen LogP contribution in [-0.2, 0) is 19.7 Å². The van der Waals surface area contributed by atoms with Gasteiger partial charge in [0.15, 0.2) is 71.3 Å². The molecule has 0 aromatic heterocycles. The lowest BCUT2D eigenvalue weighted by Crippen LogP contribution is -2.23. The molecule has 0 N–H and O–H groups in total. The summed E-state index contributed by atoms with van der Waals surface area (Å²) in [4.78, 5) is -5.36. The van der Waals surface area contributed by atoms with Crippen molar-refractivity contribution in [2.75, 3.05) is 5.08 Å². The average Bonchev–Trinajstić information content (AvgIpc) is 2.60. The van der Waals surface area contributed by atoms with Crippen LogP contribution in [0, 0.1) is 58.2 Å². The van der Waals surface area contributed by atoms with Crippen molar-refractivity contribution in [2.24, 2.45) is 0 Å². The lowest BCUT2D eigenvalue weighted by Gasteiger charge is -2.12. The molecular formula is C13H2F10O4S2. The molecular weight excluding hydrogens is 474 g/mol. The molecule has 0 saturated heterocycles. The predicted molar refractivity (Wildman–Crippen MR) is 71.7 cm³/mol. The van der Waals surface area contributed by atoms with E-state index in [0.29, 0.717) is 0 Å². The van der Waals surface area contributed by atoms with Crippen LogP contribution >= 0.6 is 0 Å². The number of hydrogen-bond donors (Lipinski definition) is 0. The summed E-state index contributed by atoms with van der Waals surface area (Å²) in [6.07, 6.45) is 0. The van der Waals surface area contributed by atoms with Crippen LogP contribution in [0.5, 0.6) is 0 Å². The van der Waals surface area contributed by atoms with E-state index in [9.17, 15) is 60.7 Å². The Balaban J connectivity index is 2.76. The largest absolute Gasteiger partial charge is 0.222 e. The third-order valence-electron chi connectivity index (χ3n) is 3.27. The van der Waals surface area contributed by atoms with Crippen LogP contribution in [0.2, 0.25) is 0 Å². The Morgan fingerprint density at radius 2 is 0.552 bits per heavy atom. The van der Waals surface area contributed by atoms with Gasteiger partial charge in [0.05, 0.1) is 0 Å². The maximum absolute atomic E-state index is 13.6. The number of hydrogen-bond acceptors (Lipinski definition) is 4. The predicted octanol–water partition coefficient (Wildman–Crippen LogP) is 3.28. The van der Waals surface area contributed by atoms with Gasteiger partial charge >= 0.3 is 0 Å². The minimum Gasteiger partial charge on any atom is -0.222 e. The van der Waals surface area contributed by atoms with E-state index in [1.807, 2.05) is 0 Å². The fourth-order valence-corrected chi connectivity index (χ4v) is 6.07. The van der Waals surface area contributed by atoms with Gasteiger partial charge in [-0.25, -0.2) is 60.7 Å². The highest BCUT2D eigenvalue weighted by Gasteiger charge is 2.40. The molecule has 0 aliphatic heterocycles. The van der Waals surface area contributed by atoms with Crippen LogP contribution in [0.15, 0.2) is 9.79 Å². The molecule has 0 radical (unpaired) electrons. The van der Waals surface area contributed by atoms with E-state index in [-0.39, 0.29) is 0 Å². The Kier molecular flexibility index (Phi) is 5.66. The van der Waals surface area contributed by atoms with Gasteiger partial charge in [-0.05, 0) is 0 Å². The topological polar surface area (TPSA) is 68.3 Å². The van der Waals surface area contributed by atoms with Gasteiger partial charge in [0.2, 0.25) is 11.6 Å². The van der Waals surface area contributed by atoms with Crippen molar-refractivity contribution in [3.05, 3.63) is 58.2 Å². The molecule has 0 saturated carbocycles. The van der Waals surface area contributed by atoms with Crippen molar-refractivity contribution >= 4 is 19.7 Å². The Hall–Kier alpha value is -2.36. The SMILES string of the molecule is O=S(=O)(CS(=O)(=O)c1c(F)c(F)c(F)c(F)c1F)c1c(F)c(F)c(F)c(F)c1F. The van der Waals surface area contributed by atoms with E-state index in [1.165, 1.54) is 0 Å². The molecule has 0 bridgehead atoms. The van der Waals surface area contributed by atoms with E-state index in [0.717, 1.165) is 0 Å². The van der Waals surface area contributed by atoms with Crippen molar-refractivity contribution < 1.29 is 60.7 Å². The number of halogens is 10. The normalized spacial score (nSPS) is 12.5. The third kappa shape index (κ3) is 3.54. The van der Waals surface area contributed by atoms with Gasteiger partial charge < -0.3 is 0 Å². The molecule has 0 spiro atoms. The highest BCUT2D eigenvalue weighted by molar-refractivity contribution is 8.08. The van der Waals surface area contributed by atoms with Crippen molar-refractivity contribution in [3.8, 4) is 0 Å². The zero-order chi connectivity index (χ0) is 22.6. The van der Waals surface area contributed by atoms with Crippen LogP contribution in [0.3, 0.4) is 0 Å². The van der Waals surface area contributed by atoms with Gasteiger partial charge in [0, 0.05) is 0 Å². The van der Waals surface area contributed by atoms with Crippen molar-refractivity contribution in [3.63, 3.8) is 0 Å². The Morgan fingerprint density at radius 3 is 0.759 bits per heavy atom. The second kappa shape index (κ2) is 7.16. The summed E-state index contributed by atoms with van der Waals surface area (Å²) in [5, 5.41) is -2.79. The van der Waals surface area contributed by atoms with E-state index in [1.54, 1.807) is 0 Å². The van der Waals surface area contributed by atoms with E-state index >= 15 is 0 Å². The van der Waals surface area contributed by atoms with Gasteiger partial charge in [-0.15, -0.1) is 0 Å². The summed E-state index contributed by atoms with van der Waals surface area (Å²) >= 11 is 0. The minimum atomic E-state index is -6.12. The second-order valence-electron chi connectivity index (χ2n) is 5.15. The van der Waals surface area contributed by atoms with Gasteiger partial charge in [-0.1, -0.05) is 0 Å². The molecule has 0 amide bonds. The summed E-state index contributed by atoms with van der Waals surface area (Å²) < 4.78 is 181. The molecule has 2 rings (SSSR count). The monoisotopic (exact) mass is 476 g/mol. The fourth-order valence-electron chi connectivity index (χ4n) is 2.04. The quantitative estimate of drug-likeness (QED) is 0.294. The van der Waals surface area contributed by atoms with Crippen LogP contribution < -0.4 is 0 Å². The molecule has 0 atom stereocenters. The lowest BCUT2D eigenvalue weighted by molar-refractivity contribution is 0.357. The fraction of sp³-hybridized carbons (Fsp3) is 0.0769. The third-order valence-corrected chi connectivity index (χ3v) is 7.71. The summed E-state index contributed by atoms with van der Waals surface area (Å²) in [5.74, 6) is -28.8. The number of benzene rings is 2. The molecule has 2 aromatic rings. The standard InChI is InChI=1S/C13H2F10O4S2/c14-2-4(16)8(20)12(9(21)5(2)17)28(24,25)1-29(26,27)13-10(22)6(18)3(15)7(19)11(13)23/h1H2. The summed E-state index contributed by atoms with van der Waals surface area (Å²) in [7, 11) is -12.2. The molecule has 0 aliphatic rings. The summed E-state index contributed by atoms with van der Waals surface area (Å²) in [5.41, 5.74) is 0. The minimum absolute atomic E-state index is 2.68. The molecule has 160 valence electrons. The molecule has 29 heavy (non-hydrogen) atoms. The zero-order valence-corrected chi connectivity index (χ0v) is 14.6. The smallest absolute Gasteiger partial charge is 0.200 e. The van der Waals surface area contributed by atoms with Crippen molar-refractivity contribution in [1.29, 1.82) is 0 Å². The molecule has 0 fully saturated rings. The van der Waals surface area contributed by atoms with Crippen LogP contribution in [0.4, 0.5) is 43.9 Å². The summed E-state index contributed by atoms with van der Waals surface area (Å²) in [6, 6.07) is 0. The zero-order valence-electron chi connectivity index (χ0n) is 12.9. The molecule has 2 aromatic carbocycles. The van der Waals surface area contributed by atoms with E-state index in [2.05, 4.69) is 0 Å². The first-order valence-electron chi connectivity index (χ1n) is 6.54. The van der Waals surface area contributed by atoms with E-state index in [4.69, 9.17) is 0 Å². The highest BCUT2D eigenvalue weighted by atomic mass is 32.3. The van der Waals surface area contributed by atoms with Gasteiger partial charge in [0.25, 0.3) is 0 Å². The van der Waals surface area contributed by atoms with Crippen molar-refractivity contribution in [1.82, 2.24) is 0 Å². The maximum Gasteiger partial charge on any atom is 0.200 e. The summed E-state index contributed by atoms with van der Waals surface area (Å²) in [6.45, 7) is 0. The lowest BCUT2D eigenvalue weighted by atomic mass is 10.3. The average molecular weight is 476 g/mol. The van der Waals surface area contributed by atoms with Crippen molar-refractivity contribution in [2.45, 2.75) is 9.79 Å². The van der Waals surface area contributed by atoms with Gasteiger partial charge in [0.1, 0.15) is 9.79 Å². The number of sulfone groups is 2. The van der Waals surface area contributed by atoms with Gasteiger partial charge in [-0.3, -0.25) is 0 Å². The molecule has 16 heteroatoms. The molecule has 0 aliphatic carbocycles. The number of rotatable bonds is 4. The molecule has 4 nitrogen and oxygen atoms in total. The van der Waals surface area contributed by atoms with Gasteiger partial charge in [-0.2, -0.15) is 0 Å². The first-order valence-corrected chi connectivity index (χ1v) is 9.85. The molecule has 0 heterocycles. The Labute approximate surface area is 154 Å².